The van der Waals surface area contributed by atoms with Crippen LogP contribution in [-0.4, -0.2) is 32.9 Å². The van der Waals surface area contributed by atoms with Gasteiger partial charge in [-0.1, -0.05) is 13.8 Å². The van der Waals surface area contributed by atoms with Gasteiger partial charge in [0.2, 0.25) is 0 Å². The van der Waals surface area contributed by atoms with Gasteiger partial charge in [0.1, 0.15) is 5.82 Å². The van der Waals surface area contributed by atoms with Crippen LogP contribution < -0.4 is 5.32 Å². The first-order chi connectivity index (χ1) is 8.13. The maximum atomic E-state index is 9.34. The Bertz CT molecular complexity index is 512. The number of nitrogens with zero attached hydrogens (tertiary/aromatic N) is 2. The predicted molar refractivity (Wildman–Crippen MR) is 78.3 cm³/mol. The number of pyridine rings is 1. The molecule has 2 heterocycles. The minimum Gasteiger partial charge on any atom is -0.394 e. The molecule has 0 unspecified atom stereocenters. The molecule has 2 aromatic heterocycles. The SMILES string of the molecule is Cc1[nH]nc2ccnc(N[C@H](CO)C(C)C)c12.S. The molecule has 6 heteroatoms. The minimum atomic E-state index is 0. The Kier molecular flexibility index (Phi) is 4.98. The van der Waals surface area contributed by atoms with E-state index in [1.807, 2.05) is 13.0 Å². The molecule has 0 aliphatic rings. The number of hydrogen-bond acceptors (Lipinski definition) is 4. The van der Waals surface area contributed by atoms with Crippen molar-refractivity contribution in [2.75, 3.05) is 11.9 Å². The molecule has 0 aromatic carbocycles. The summed E-state index contributed by atoms with van der Waals surface area (Å²) < 4.78 is 0. The van der Waals surface area contributed by atoms with Gasteiger partial charge in [0, 0.05) is 11.9 Å². The highest BCUT2D eigenvalue weighted by Gasteiger charge is 2.15. The molecule has 0 saturated heterocycles. The summed E-state index contributed by atoms with van der Waals surface area (Å²) in [7, 11) is 0. The molecule has 0 aliphatic heterocycles. The lowest BCUT2D eigenvalue weighted by Gasteiger charge is -2.20. The van der Waals surface area contributed by atoms with E-state index in [0.29, 0.717) is 5.92 Å². The maximum absolute atomic E-state index is 9.34. The number of fused-ring (bicyclic) bond motifs is 1. The number of rotatable bonds is 4. The van der Waals surface area contributed by atoms with Gasteiger partial charge in [-0.25, -0.2) is 4.98 Å². The van der Waals surface area contributed by atoms with E-state index in [9.17, 15) is 5.11 Å². The van der Waals surface area contributed by atoms with Gasteiger partial charge in [-0.2, -0.15) is 18.6 Å². The molecule has 0 spiro atoms. The zero-order valence-electron chi connectivity index (χ0n) is 10.9. The predicted octanol–water partition coefficient (Wildman–Crippen LogP) is 1.81. The highest BCUT2D eigenvalue weighted by molar-refractivity contribution is 7.59. The van der Waals surface area contributed by atoms with E-state index in [-0.39, 0.29) is 26.1 Å². The van der Waals surface area contributed by atoms with Crippen molar-refractivity contribution >= 4 is 30.2 Å². The van der Waals surface area contributed by atoms with Crippen LogP contribution in [0.3, 0.4) is 0 Å². The smallest absolute Gasteiger partial charge is 0.137 e. The number of H-pyrrole nitrogens is 1. The molecule has 100 valence electrons. The van der Waals surface area contributed by atoms with Gasteiger partial charge < -0.3 is 10.4 Å². The lowest BCUT2D eigenvalue weighted by atomic mass is 10.1. The molecule has 0 bridgehead atoms. The van der Waals surface area contributed by atoms with Crippen LogP contribution in [0.4, 0.5) is 5.82 Å². The summed E-state index contributed by atoms with van der Waals surface area (Å²) in [5.74, 6) is 1.12. The molecule has 2 rings (SSSR count). The van der Waals surface area contributed by atoms with Crippen molar-refractivity contribution in [2.45, 2.75) is 26.8 Å². The third-order valence-corrected chi connectivity index (χ3v) is 2.97. The second kappa shape index (κ2) is 6.06. The van der Waals surface area contributed by atoms with Crippen LogP contribution in [0.15, 0.2) is 12.3 Å². The lowest BCUT2D eigenvalue weighted by Crippen LogP contribution is -2.29. The van der Waals surface area contributed by atoms with Crippen LogP contribution in [-0.2, 0) is 0 Å². The van der Waals surface area contributed by atoms with Crippen molar-refractivity contribution in [2.24, 2.45) is 5.92 Å². The fourth-order valence-electron chi connectivity index (χ4n) is 1.82. The van der Waals surface area contributed by atoms with Crippen LogP contribution >= 0.6 is 13.5 Å². The first-order valence-electron chi connectivity index (χ1n) is 5.80. The van der Waals surface area contributed by atoms with E-state index in [2.05, 4.69) is 34.3 Å². The van der Waals surface area contributed by atoms with Gasteiger partial charge in [-0.05, 0) is 18.9 Å². The van der Waals surface area contributed by atoms with Crippen LogP contribution in [0.2, 0.25) is 0 Å². The van der Waals surface area contributed by atoms with Crippen LogP contribution in [0, 0.1) is 12.8 Å². The summed E-state index contributed by atoms with van der Waals surface area (Å²) in [6, 6.07) is 1.87. The van der Waals surface area contributed by atoms with Gasteiger partial charge in [-0.3, -0.25) is 5.10 Å². The number of aliphatic hydroxyl groups is 1. The van der Waals surface area contributed by atoms with Gasteiger partial charge in [0.25, 0.3) is 0 Å². The Morgan fingerprint density at radius 1 is 1.44 bits per heavy atom. The second-order valence-corrected chi connectivity index (χ2v) is 4.58. The number of aromatic amines is 1. The quantitative estimate of drug-likeness (QED) is 0.790. The van der Waals surface area contributed by atoms with E-state index in [1.54, 1.807) is 6.20 Å². The number of aliphatic hydroxyl groups excluding tert-OH is 1. The van der Waals surface area contributed by atoms with Crippen molar-refractivity contribution in [3.05, 3.63) is 18.0 Å². The van der Waals surface area contributed by atoms with E-state index >= 15 is 0 Å². The third kappa shape index (κ3) is 2.76. The number of aromatic nitrogens is 3. The van der Waals surface area contributed by atoms with Gasteiger partial charge in [-0.15, -0.1) is 0 Å². The summed E-state index contributed by atoms with van der Waals surface area (Å²) in [5, 5.41) is 20.7. The molecule has 0 saturated carbocycles. The monoisotopic (exact) mass is 268 g/mol. The molecule has 1 atom stereocenters. The fourth-order valence-corrected chi connectivity index (χ4v) is 1.82. The zero-order valence-corrected chi connectivity index (χ0v) is 11.9. The van der Waals surface area contributed by atoms with E-state index in [0.717, 1.165) is 22.4 Å². The molecule has 0 amide bonds. The molecular weight excluding hydrogens is 248 g/mol. The normalized spacial score (nSPS) is 12.5. The largest absolute Gasteiger partial charge is 0.394 e. The molecule has 0 radical (unpaired) electrons. The van der Waals surface area contributed by atoms with Crippen molar-refractivity contribution < 1.29 is 5.11 Å². The molecule has 5 nitrogen and oxygen atoms in total. The van der Waals surface area contributed by atoms with Crippen LogP contribution in [0.1, 0.15) is 19.5 Å². The Morgan fingerprint density at radius 3 is 2.78 bits per heavy atom. The Labute approximate surface area is 113 Å². The molecule has 0 aliphatic carbocycles. The van der Waals surface area contributed by atoms with Gasteiger partial charge in [0.05, 0.1) is 23.6 Å². The van der Waals surface area contributed by atoms with Crippen LogP contribution in [0.25, 0.3) is 10.9 Å². The summed E-state index contributed by atoms with van der Waals surface area (Å²) in [4.78, 5) is 4.33. The van der Waals surface area contributed by atoms with E-state index in [4.69, 9.17) is 0 Å². The molecule has 18 heavy (non-hydrogen) atoms. The van der Waals surface area contributed by atoms with Crippen molar-refractivity contribution in [1.82, 2.24) is 15.2 Å². The average Bonchev–Trinajstić information content (AvgIpc) is 2.68. The van der Waals surface area contributed by atoms with E-state index in [1.165, 1.54) is 0 Å². The highest BCUT2D eigenvalue weighted by atomic mass is 32.1. The van der Waals surface area contributed by atoms with Crippen molar-refractivity contribution in [3.63, 3.8) is 0 Å². The topological polar surface area (TPSA) is 73.8 Å². The van der Waals surface area contributed by atoms with Crippen molar-refractivity contribution in [1.29, 1.82) is 0 Å². The standard InChI is InChI=1S/C12H18N4O.H2S/c1-7(2)10(6-17)14-12-11-8(3)15-16-9(11)4-5-13-12;/h4-5,7,10,17H,6H2,1-3H3,(H,13,14)(H,15,16);1H2/t10-;/m1./s1. The third-order valence-electron chi connectivity index (χ3n) is 2.97. The number of nitrogens with one attached hydrogen (secondary N) is 2. The number of hydrogen-bond donors (Lipinski definition) is 3. The molecular formula is C12H20N4OS. The molecule has 3 N–H and O–H groups in total. The summed E-state index contributed by atoms with van der Waals surface area (Å²) in [5.41, 5.74) is 1.87. The maximum Gasteiger partial charge on any atom is 0.137 e. The Hall–Kier alpha value is -1.27. The van der Waals surface area contributed by atoms with Gasteiger partial charge >= 0.3 is 0 Å². The number of anilines is 1. The molecule has 0 fully saturated rings. The van der Waals surface area contributed by atoms with E-state index < -0.39 is 0 Å². The summed E-state index contributed by atoms with van der Waals surface area (Å²) in [6.07, 6.45) is 1.72. The summed E-state index contributed by atoms with van der Waals surface area (Å²) in [6.45, 7) is 6.19. The first kappa shape index (κ1) is 14.8. The lowest BCUT2D eigenvalue weighted by molar-refractivity contribution is 0.249. The highest BCUT2D eigenvalue weighted by Crippen LogP contribution is 2.23. The molecule has 2 aromatic rings. The summed E-state index contributed by atoms with van der Waals surface area (Å²) >= 11 is 0. The Morgan fingerprint density at radius 2 is 2.17 bits per heavy atom. The second-order valence-electron chi connectivity index (χ2n) is 4.58. The number of aryl methyl sites for hydroxylation is 1. The first-order valence-corrected chi connectivity index (χ1v) is 5.80. The zero-order chi connectivity index (χ0) is 12.4. The van der Waals surface area contributed by atoms with Gasteiger partial charge in [0.15, 0.2) is 0 Å². The Balaban J connectivity index is 0.00000162. The minimum absolute atomic E-state index is 0. The van der Waals surface area contributed by atoms with Crippen molar-refractivity contribution in [3.8, 4) is 0 Å². The van der Waals surface area contributed by atoms with Crippen LogP contribution in [0.5, 0.6) is 0 Å². The fraction of sp³-hybridized carbons (Fsp3) is 0.500. The average molecular weight is 268 g/mol.